The first-order chi connectivity index (χ1) is 6.50. The predicted molar refractivity (Wildman–Crippen MR) is 57.4 cm³/mol. The van der Waals surface area contributed by atoms with E-state index in [0.717, 1.165) is 0 Å². The zero-order chi connectivity index (χ0) is 11.2. The molecule has 14 heavy (non-hydrogen) atoms. The lowest BCUT2D eigenvalue weighted by Crippen LogP contribution is -2.39. The maximum atomic E-state index is 11.7. The van der Waals surface area contributed by atoms with Crippen LogP contribution >= 0.6 is 0 Å². The van der Waals surface area contributed by atoms with Crippen LogP contribution in [0.2, 0.25) is 0 Å². The number of aliphatic hydroxyl groups excluding tert-OH is 1. The van der Waals surface area contributed by atoms with Gasteiger partial charge in [0.05, 0.1) is 11.9 Å². The Morgan fingerprint density at radius 3 is 2.07 bits per heavy atom. The number of sulfonamides is 1. The highest BCUT2D eigenvalue weighted by Crippen LogP contribution is 2.08. The predicted octanol–water partition coefficient (Wildman–Crippen LogP) is 0.371. The zero-order valence-corrected chi connectivity index (χ0v) is 9.20. The van der Waals surface area contributed by atoms with Crippen LogP contribution in [0.5, 0.6) is 0 Å². The van der Waals surface area contributed by atoms with E-state index in [-0.39, 0.29) is 19.7 Å². The van der Waals surface area contributed by atoms with Crippen LogP contribution in [0.1, 0.15) is 6.92 Å². The van der Waals surface area contributed by atoms with E-state index >= 15 is 0 Å². The number of hydrogen-bond acceptors (Lipinski definition) is 3. The second-order valence-corrected chi connectivity index (χ2v) is 5.28. The fourth-order valence-electron chi connectivity index (χ4n) is 0.919. The Morgan fingerprint density at radius 1 is 1.36 bits per heavy atom. The minimum Gasteiger partial charge on any atom is -0.395 e. The van der Waals surface area contributed by atoms with Gasteiger partial charge >= 0.3 is 0 Å². The molecular formula is C9H17NO3S. The molecule has 0 rings (SSSR count). The molecule has 0 aromatic heterocycles. The van der Waals surface area contributed by atoms with Crippen LogP contribution in [0, 0.1) is 0 Å². The van der Waals surface area contributed by atoms with Crippen LogP contribution in [0.4, 0.5) is 0 Å². The van der Waals surface area contributed by atoms with Crippen LogP contribution in [-0.2, 0) is 10.0 Å². The first-order valence-electron chi connectivity index (χ1n) is 4.32. The molecule has 0 aromatic rings. The second-order valence-electron chi connectivity index (χ2n) is 2.93. The van der Waals surface area contributed by atoms with Crippen molar-refractivity contribution in [3.05, 3.63) is 25.3 Å². The first-order valence-corrected chi connectivity index (χ1v) is 5.82. The van der Waals surface area contributed by atoms with Gasteiger partial charge in [-0.05, 0) is 6.92 Å². The summed E-state index contributed by atoms with van der Waals surface area (Å²) in [4.78, 5) is 0. The molecule has 0 aliphatic rings. The van der Waals surface area contributed by atoms with Gasteiger partial charge in [-0.1, -0.05) is 12.2 Å². The average Bonchev–Trinajstić information content (AvgIpc) is 2.16. The monoisotopic (exact) mass is 219 g/mol. The fraction of sp³-hybridized carbons (Fsp3) is 0.556. The molecule has 0 radical (unpaired) electrons. The largest absolute Gasteiger partial charge is 0.395 e. The molecule has 1 atom stereocenters. The van der Waals surface area contributed by atoms with Gasteiger partial charge in [0.15, 0.2) is 0 Å². The molecular weight excluding hydrogens is 202 g/mol. The number of nitrogens with zero attached hydrogens (tertiary/aromatic N) is 1. The van der Waals surface area contributed by atoms with Crippen molar-refractivity contribution in [2.75, 3.05) is 19.7 Å². The molecule has 0 saturated heterocycles. The summed E-state index contributed by atoms with van der Waals surface area (Å²) in [5.74, 6) is 0. The standard InChI is InChI=1S/C9H17NO3S/c1-4-6-10(7-5-2)14(12,13)9(3)8-11/h4-5,9,11H,1-2,6-8H2,3H3. The minimum absolute atomic E-state index is 0.235. The quantitative estimate of drug-likeness (QED) is 0.629. The SMILES string of the molecule is C=CCN(CC=C)S(=O)(=O)C(C)CO. The Hall–Kier alpha value is -0.650. The van der Waals surface area contributed by atoms with E-state index in [9.17, 15) is 8.42 Å². The molecule has 4 nitrogen and oxygen atoms in total. The number of aliphatic hydroxyl groups is 1. The van der Waals surface area contributed by atoms with E-state index in [1.165, 1.54) is 23.4 Å². The van der Waals surface area contributed by atoms with E-state index in [4.69, 9.17) is 5.11 Å². The molecule has 0 amide bonds. The lowest BCUT2D eigenvalue weighted by atomic mass is 10.5. The van der Waals surface area contributed by atoms with E-state index < -0.39 is 15.3 Å². The van der Waals surface area contributed by atoms with Gasteiger partial charge in [-0.3, -0.25) is 0 Å². The number of hydrogen-bond donors (Lipinski definition) is 1. The summed E-state index contributed by atoms with van der Waals surface area (Å²) in [6.45, 7) is 8.51. The van der Waals surface area contributed by atoms with Crippen molar-refractivity contribution in [2.24, 2.45) is 0 Å². The maximum absolute atomic E-state index is 11.7. The van der Waals surface area contributed by atoms with Gasteiger partial charge in [-0.15, -0.1) is 13.2 Å². The molecule has 0 aromatic carbocycles. The molecule has 82 valence electrons. The third kappa shape index (κ3) is 3.25. The normalized spacial score (nSPS) is 13.9. The van der Waals surface area contributed by atoms with Crippen LogP contribution in [-0.4, -0.2) is 42.8 Å². The lowest BCUT2D eigenvalue weighted by Gasteiger charge is -2.22. The highest BCUT2D eigenvalue weighted by atomic mass is 32.2. The van der Waals surface area contributed by atoms with Crippen LogP contribution < -0.4 is 0 Å². The Labute approximate surface area is 85.6 Å². The van der Waals surface area contributed by atoms with Gasteiger partial charge in [0.1, 0.15) is 0 Å². The highest BCUT2D eigenvalue weighted by Gasteiger charge is 2.26. The van der Waals surface area contributed by atoms with E-state index in [0.29, 0.717) is 0 Å². The maximum Gasteiger partial charge on any atom is 0.219 e. The average molecular weight is 219 g/mol. The van der Waals surface area contributed by atoms with E-state index in [2.05, 4.69) is 13.2 Å². The van der Waals surface area contributed by atoms with Gasteiger partial charge in [0.2, 0.25) is 10.0 Å². The first kappa shape index (κ1) is 13.4. The highest BCUT2D eigenvalue weighted by molar-refractivity contribution is 7.89. The smallest absolute Gasteiger partial charge is 0.219 e. The topological polar surface area (TPSA) is 57.6 Å². The molecule has 1 unspecified atom stereocenters. The van der Waals surface area contributed by atoms with Crippen molar-refractivity contribution in [1.82, 2.24) is 4.31 Å². The molecule has 1 N–H and O–H groups in total. The summed E-state index contributed by atoms with van der Waals surface area (Å²) >= 11 is 0. The van der Waals surface area contributed by atoms with Crippen molar-refractivity contribution in [1.29, 1.82) is 0 Å². The van der Waals surface area contributed by atoms with Gasteiger partial charge in [-0.25, -0.2) is 8.42 Å². The third-order valence-corrected chi connectivity index (χ3v) is 3.97. The lowest BCUT2D eigenvalue weighted by molar-refractivity contribution is 0.291. The molecule has 0 bridgehead atoms. The minimum atomic E-state index is -3.43. The molecule has 0 spiro atoms. The van der Waals surface area contributed by atoms with Crippen molar-refractivity contribution in [3.8, 4) is 0 Å². The molecule has 0 aliphatic heterocycles. The Kier molecular flexibility index (Phi) is 5.68. The Morgan fingerprint density at radius 2 is 1.79 bits per heavy atom. The van der Waals surface area contributed by atoms with Crippen molar-refractivity contribution >= 4 is 10.0 Å². The third-order valence-electron chi connectivity index (χ3n) is 1.79. The van der Waals surface area contributed by atoms with E-state index in [1.54, 1.807) is 0 Å². The summed E-state index contributed by atoms with van der Waals surface area (Å²) in [7, 11) is -3.43. The van der Waals surface area contributed by atoms with Crippen molar-refractivity contribution in [3.63, 3.8) is 0 Å². The summed E-state index contributed by atoms with van der Waals surface area (Å²) in [6.07, 6.45) is 3.01. The van der Waals surface area contributed by atoms with Crippen molar-refractivity contribution in [2.45, 2.75) is 12.2 Å². The van der Waals surface area contributed by atoms with Crippen LogP contribution in [0.3, 0.4) is 0 Å². The molecule has 0 saturated carbocycles. The summed E-state index contributed by atoms with van der Waals surface area (Å²) < 4.78 is 24.7. The number of rotatable bonds is 7. The summed E-state index contributed by atoms with van der Waals surface area (Å²) in [6, 6.07) is 0. The van der Waals surface area contributed by atoms with Gasteiger partial charge in [-0.2, -0.15) is 4.31 Å². The van der Waals surface area contributed by atoms with Gasteiger partial charge in [0.25, 0.3) is 0 Å². The molecule has 0 fully saturated rings. The van der Waals surface area contributed by atoms with E-state index in [1.807, 2.05) is 0 Å². The Balaban J connectivity index is 4.78. The van der Waals surface area contributed by atoms with Crippen LogP contribution in [0.15, 0.2) is 25.3 Å². The zero-order valence-electron chi connectivity index (χ0n) is 8.39. The molecule has 5 heteroatoms. The van der Waals surface area contributed by atoms with Crippen molar-refractivity contribution < 1.29 is 13.5 Å². The molecule has 0 heterocycles. The molecule has 0 aliphatic carbocycles. The van der Waals surface area contributed by atoms with Gasteiger partial charge < -0.3 is 5.11 Å². The Bertz CT molecular complexity index is 274. The summed E-state index contributed by atoms with van der Waals surface area (Å²) in [5, 5.41) is 8.01. The second kappa shape index (κ2) is 5.95. The van der Waals surface area contributed by atoms with Crippen LogP contribution in [0.25, 0.3) is 0 Å². The fourth-order valence-corrected chi connectivity index (χ4v) is 2.24. The summed E-state index contributed by atoms with van der Waals surface area (Å²) in [5.41, 5.74) is 0. The van der Waals surface area contributed by atoms with Gasteiger partial charge in [0, 0.05) is 13.1 Å².